The summed E-state index contributed by atoms with van der Waals surface area (Å²) in [6.45, 7) is 5.02. The van der Waals surface area contributed by atoms with Crippen LogP contribution in [0.15, 0.2) is 36.8 Å². The van der Waals surface area contributed by atoms with Crippen LogP contribution in [0.5, 0.6) is 0 Å². The number of fused-ring (bicyclic) bond motifs is 2. The SMILES string of the molecule is CN(C(=O)c1cnn2cccnc12)c1cc2c(cc1N1CCOCC1)C(=O)N(C[C@@H](F)C(C)(C)O)C2. The van der Waals surface area contributed by atoms with Crippen molar-refractivity contribution in [1.29, 1.82) is 0 Å². The van der Waals surface area contributed by atoms with Crippen molar-refractivity contribution in [3.8, 4) is 0 Å². The van der Waals surface area contributed by atoms with E-state index in [2.05, 4.69) is 15.0 Å². The van der Waals surface area contributed by atoms with Gasteiger partial charge in [-0.25, -0.2) is 13.9 Å². The number of aromatic nitrogens is 3. The van der Waals surface area contributed by atoms with Crippen LogP contribution in [-0.4, -0.2) is 88.1 Å². The second-order valence-corrected chi connectivity index (χ2v) is 9.71. The molecule has 0 saturated carbocycles. The van der Waals surface area contributed by atoms with Crippen LogP contribution in [0.2, 0.25) is 0 Å². The molecular formula is C25H29FN6O4. The molecule has 0 aliphatic carbocycles. The van der Waals surface area contributed by atoms with E-state index in [0.717, 1.165) is 5.69 Å². The molecule has 190 valence electrons. The van der Waals surface area contributed by atoms with Gasteiger partial charge in [0, 0.05) is 44.6 Å². The summed E-state index contributed by atoms with van der Waals surface area (Å²) in [5, 5.41) is 14.2. The summed E-state index contributed by atoms with van der Waals surface area (Å²) in [4.78, 5) is 36.1. The zero-order valence-electron chi connectivity index (χ0n) is 20.5. The highest BCUT2D eigenvalue weighted by atomic mass is 19.1. The zero-order valence-corrected chi connectivity index (χ0v) is 20.5. The Morgan fingerprint density at radius 1 is 1.31 bits per heavy atom. The zero-order chi connectivity index (χ0) is 25.6. The molecule has 5 rings (SSSR count). The lowest BCUT2D eigenvalue weighted by Crippen LogP contribution is -2.42. The van der Waals surface area contributed by atoms with Gasteiger partial charge in [-0.05, 0) is 37.6 Å². The molecule has 1 saturated heterocycles. The quantitative estimate of drug-likeness (QED) is 0.556. The number of morpholine rings is 1. The van der Waals surface area contributed by atoms with E-state index in [0.29, 0.717) is 54.3 Å². The van der Waals surface area contributed by atoms with E-state index in [1.807, 2.05) is 6.07 Å². The fourth-order valence-electron chi connectivity index (χ4n) is 4.56. The molecule has 2 amide bonds. The summed E-state index contributed by atoms with van der Waals surface area (Å²) in [7, 11) is 1.68. The molecule has 1 fully saturated rings. The van der Waals surface area contributed by atoms with Crippen LogP contribution in [0.25, 0.3) is 5.65 Å². The Kier molecular flexibility index (Phi) is 6.13. The van der Waals surface area contributed by atoms with Crippen LogP contribution < -0.4 is 9.80 Å². The Morgan fingerprint density at radius 3 is 2.78 bits per heavy atom. The van der Waals surface area contributed by atoms with Gasteiger partial charge < -0.3 is 24.5 Å². The minimum Gasteiger partial charge on any atom is -0.387 e. The molecule has 1 N–H and O–H groups in total. The van der Waals surface area contributed by atoms with Gasteiger partial charge in [-0.3, -0.25) is 9.59 Å². The lowest BCUT2D eigenvalue weighted by atomic mass is 10.0. The number of benzene rings is 1. The van der Waals surface area contributed by atoms with Crippen LogP contribution in [0, 0.1) is 0 Å². The monoisotopic (exact) mass is 496 g/mol. The first-order chi connectivity index (χ1) is 17.1. The number of aliphatic hydroxyl groups is 1. The molecule has 10 nitrogen and oxygen atoms in total. The maximum atomic E-state index is 14.6. The van der Waals surface area contributed by atoms with E-state index in [4.69, 9.17) is 4.74 Å². The normalized spacial score (nSPS) is 17.0. The van der Waals surface area contributed by atoms with Crippen LogP contribution in [0.3, 0.4) is 0 Å². The van der Waals surface area contributed by atoms with Crippen molar-refractivity contribution >= 4 is 28.8 Å². The van der Waals surface area contributed by atoms with Gasteiger partial charge in [-0.1, -0.05) is 0 Å². The number of amides is 2. The fraction of sp³-hybridized carbons (Fsp3) is 0.440. The van der Waals surface area contributed by atoms with Crippen LogP contribution in [0.1, 0.15) is 40.1 Å². The van der Waals surface area contributed by atoms with E-state index in [-0.39, 0.29) is 24.9 Å². The Labute approximate surface area is 207 Å². The number of nitrogens with zero attached hydrogens (tertiary/aromatic N) is 6. The van der Waals surface area contributed by atoms with E-state index >= 15 is 0 Å². The van der Waals surface area contributed by atoms with Gasteiger partial charge in [-0.15, -0.1) is 0 Å². The number of hydrogen-bond acceptors (Lipinski definition) is 7. The maximum absolute atomic E-state index is 14.6. The lowest BCUT2D eigenvalue weighted by Gasteiger charge is -2.33. The summed E-state index contributed by atoms with van der Waals surface area (Å²) in [5.74, 6) is -0.580. The summed E-state index contributed by atoms with van der Waals surface area (Å²) in [6, 6.07) is 5.35. The van der Waals surface area contributed by atoms with Crippen molar-refractivity contribution in [1.82, 2.24) is 19.5 Å². The third-order valence-electron chi connectivity index (χ3n) is 6.75. The Hall–Kier alpha value is -3.57. The number of hydrogen-bond donors (Lipinski definition) is 1. The molecule has 1 atom stereocenters. The Morgan fingerprint density at radius 2 is 2.06 bits per heavy atom. The summed E-state index contributed by atoms with van der Waals surface area (Å²) in [5.41, 5.74) is 1.78. The highest BCUT2D eigenvalue weighted by Gasteiger charge is 2.36. The summed E-state index contributed by atoms with van der Waals surface area (Å²) >= 11 is 0. The third kappa shape index (κ3) is 4.28. The van der Waals surface area contributed by atoms with Crippen molar-refractivity contribution in [2.24, 2.45) is 0 Å². The molecule has 2 aromatic heterocycles. The van der Waals surface area contributed by atoms with E-state index in [1.165, 1.54) is 24.9 Å². The lowest BCUT2D eigenvalue weighted by molar-refractivity contribution is -0.0159. The number of rotatable bonds is 6. The largest absolute Gasteiger partial charge is 0.387 e. The van der Waals surface area contributed by atoms with Gasteiger partial charge in [0.15, 0.2) is 5.65 Å². The van der Waals surface area contributed by atoms with Gasteiger partial charge >= 0.3 is 0 Å². The Balaban J connectivity index is 1.52. The smallest absolute Gasteiger partial charge is 0.263 e. The number of carbonyl (C=O) groups excluding carboxylic acids is 2. The number of carbonyl (C=O) groups is 2. The minimum atomic E-state index is -1.60. The van der Waals surface area contributed by atoms with Gasteiger partial charge in [0.25, 0.3) is 11.8 Å². The topological polar surface area (TPSA) is 104 Å². The molecule has 2 aliphatic rings. The van der Waals surface area contributed by atoms with Gasteiger partial charge in [0.2, 0.25) is 0 Å². The third-order valence-corrected chi connectivity index (χ3v) is 6.75. The first-order valence-electron chi connectivity index (χ1n) is 11.9. The average Bonchev–Trinajstić information content (AvgIpc) is 3.43. The summed E-state index contributed by atoms with van der Waals surface area (Å²) < 4.78 is 21.6. The van der Waals surface area contributed by atoms with Gasteiger partial charge in [0.05, 0.1) is 42.9 Å². The van der Waals surface area contributed by atoms with E-state index in [1.54, 1.807) is 41.0 Å². The molecule has 1 aromatic carbocycles. The second kappa shape index (κ2) is 9.14. The molecule has 4 heterocycles. The van der Waals surface area contributed by atoms with Crippen LogP contribution in [0.4, 0.5) is 15.8 Å². The average molecular weight is 497 g/mol. The maximum Gasteiger partial charge on any atom is 0.263 e. The predicted octanol–water partition coefficient (Wildman–Crippen LogP) is 1.91. The Bertz CT molecular complexity index is 1310. The van der Waals surface area contributed by atoms with Crippen molar-refractivity contribution in [2.75, 3.05) is 49.7 Å². The number of alkyl halides is 1. The fourth-order valence-corrected chi connectivity index (χ4v) is 4.56. The first kappa shape index (κ1) is 24.1. The van der Waals surface area contributed by atoms with Crippen LogP contribution >= 0.6 is 0 Å². The van der Waals surface area contributed by atoms with Crippen LogP contribution in [-0.2, 0) is 11.3 Å². The standard InChI is InChI=1S/C25H29FN6O4/c1-25(2,35)21(26)15-31-14-16-11-19(20(12-17(16)24(31)34)30-7-9-36-10-8-30)29(3)23(33)18-13-28-32-6-4-5-27-22(18)32/h4-6,11-13,21,35H,7-10,14-15H2,1-3H3/t21-/m1/s1. The number of halogens is 1. The van der Waals surface area contributed by atoms with Crippen molar-refractivity contribution < 1.29 is 23.8 Å². The number of ether oxygens (including phenoxy) is 1. The molecule has 0 spiro atoms. The highest BCUT2D eigenvalue weighted by Crippen LogP contribution is 2.37. The molecule has 0 radical (unpaired) electrons. The molecule has 2 aliphatic heterocycles. The molecule has 11 heteroatoms. The van der Waals surface area contributed by atoms with E-state index in [9.17, 15) is 19.1 Å². The highest BCUT2D eigenvalue weighted by molar-refractivity contribution is 6.11. The molecule has 0 unspecified atom stereocenters. The minimum absolute atomic E-state index is 0.196. The van der Waals surface area contributed by atoms with Crippen molar-refractivity contribution in [3.63, 3.8) is 0 Å². The van der Waals surface area contributed by atoms with Crippen molar-refractivity contribution in [3.05, 3.63) is 53.5 Å². The second-order valence-electron chi connectivity index (χ2n) is 9.71. The number of anilines is 2. The predicted molar refractivity (Wildman–Crippen MR) is 131 cm³/mol. The van der Waals surface area contributed by atoms with E-state index < -0.39 is 11.8 Å². The molecule has 0 bridgehead atoms. The molecular weight excluding hydrogens is 467 g/mol. The molecule has 36 heavy (non-hydrogen) atoms. The summed E-state index contributed by atoms with van der Waals surface area (Å²) in [6.07, 6.45) is 3.22. The van der Waals surface area contributed by atoms with Gasteiger partial charge in [-0.2, -0.15) is 5.10 Å². The molecule has 3 aromatic rings. The van der Waals surface area contributed by atoms with Crippen molar-refractivity contribution in [2.45, 2.75) is 32.2 Å². The first-order valence-corrected chi connectivity index (χ1v) is 11.9. The van der Waals surface area contributed by atoms with Gasteiger partial charge in [0.1, 0.15) is 11.7 Å².